The van der Waals surface area contributed by atoms with Crippen molar-refractivity contribution < 1.29 is 0 Å². The molecular weight excluding hydrogens is 405 g/mol. The summed E-state index contributed by atoms with van der Waals surface area (Å²) >= 11 is 5.97. The highest BCUT2D eigenvalue weighted by Gasteiger charge is 2.14. The van der Waals surface area contributed by atoms with Crippen molar-refractivity contribution in [2.45, 2.75) is 12.5 Å². The van der Waals surface area contributed by atoms with Gasteiger partial charge in [0, 0.05) is 27.3 Å². The van der Waals surface area contributed by atoms with Crippen LogP contribution in [0.3, 0.4) is 0 Å². The number of nitrogens with one attached hydrogen (secondary N) is 1. The molecule has 0 aliphatic rings. The van der Waals surface area contributed by atoms with E-state index in [0.717, 1.165) is 10.9 Å². The van der Waals surface area contributed by atoms with E-state index in [1.807, 2.05) is 25.0 Å². The zero-order valence-corrected chi connectivity index (χ0v) is 14.1. The predicted octanol–water partition coefficient (Wildman–Crippen LogP) is 3.29. The van der Waals surface area contributed by atoms with Gasteiger partial charge >= 0.3 is 0 Å². The molecule has 2 rings (SSSR count). The van der Waals surface area contributed by atoms with Gasteiger partial charge in [-0.15, -0.1) is 0 Å². The average Bonchev–Trinajstić information content (AvgIpc) is 2.75. The topological polar surface area (TPSA) is 29.9 Å². The van der Waals surface area contributed by atoms with E-state index in [4.69, 9.17) is 0 Å². The van der Waals surface area contributed by atoms with Gasteiger partial charge in [0.2, 0.25) is 0 Å². The Hall–Kier alpha value is -0.400. The lowest BCUT2D eigenvalue weighted by Gasteiger charge is -2.17. The van der Waals surface area contributed by atoms with Crippen molar-refractivity contribution in [1.29, 1.82) is 0 Å². The fourth-order valence-corrected chi connectivity index (χ4v) is 3.00. The van der Waals surface area contributed by atoms with E-state index in [-0.39, 0.29) is 0 Å². The molecule has 1 aromatic carbocycles. The largest absolute Gasteiger partial charge is 0.313 e. The first-order valence-corrected chi connectivity index (χ1v) is 7.57. The van der Waals surface area contributed by atoms with Gasteiger partial charge in [0.15, 0.2) is 0 Å². The Morgan fingerprint density at radius 1 is 1.50 bits per heavy atom. The first-order valence-electron chi connectivity index (χ1n) is 5.70. The van der Waals surface area contributed by atoms with Crippen LogP contribution >= 0.6 is 38.5 Å². The molecule has 96 valence electrons. The molecule has 18 heavy (non-hydrogen) atoms. The summed E-state index contributed by atoms with van der Waals surface area (Å²) in [5, 5.41) is 7.59. The quantitative estimate of drug-likeness (QED) is 0.770. The third-order valence-corrected chi connectivity index (χ3v) is 4.27. The molecule has 0 saturated carbocycles. The predicted molar refractivity (Wildman–Crippen MR) is 85.6 cm³/mol. The molecule has 1 N–H and O–H groups in total. The molecule has 0 aliphatic heterocycles. The second-order valence-electron chi connectivity index (χ2n) is 4.23. The fourth-order valence-electron chi connectivity index (χ4n) is 1.96. The molecule has 0 radical (unpaired) electrons. The number of hydrogen-bond acceptors (Lipinski definition) is 2. The van der Waals surface area contributed by atoms with Gasteiger partial charge < -0.3 is 5.32 Å². The lowest BCUT2D eigenvalue weighted by molar-refractivity contribution is 0.589. The number of aryl methyl sites for hydroxylation is 1. The third-order valence-electron chi connectivity index (χ3n) is 2.88. The van der Waals surface area contributed by atoms with E-state index in [1.54, 1.807) is 0 Å². The first-order chi connectivity index (χ1) is 8.60. The molecule has 1 unspecified atom stereocenters. The minimum atomic E-state index is 0.290. The molecule has 1 aromatic heterocycles. The van der Waals surface area contributed by atoms with Crippen molar-refractivity contribution in [3.8, 4) is 0 Å². The summed E-state index contributed by atoms with van der Waals surface area (Å²) in [6, 6.07) is 6.70. The van der Waals surface area contributed by atoms with E-state index in [9.17, 15) is 0 Å². The van der Waals surface area contributed by atoms with Gasteiger partial charge in [0.05, 0.1) is 6.20 Å². The Morgan fingerprint density at radius 2 is 2.28 bits per heavy atom. The second-order valence-corrected chi connectivity index (χ2v) is 6.33. The maximum absolute atomic E-state index is 4.21. The normalized spacial score (nSPS) is 12.7. The molecule has 5 heteroatoms. The van der Waals surface area contributed by atoms with Crippen LogP contribution in [0.4, 0.5) is 0 Å². The maximum Gasteiger partial charge on any atom is 0.0522 e. The second kappa shape index (κ2) is 6.16. The van der Waals surface area contributed by atoms with Gasteiger partial charge in [0.1, 0.15) is 0 Å². The fraction of sp³-hybridized carbons (Fsp3) is 0.308. The van der Waals surface area contributed by atoms with Crippen LogP contribution in [0.2, 0.25) is 0 Å². The summed E-state index contributed by atoms with van der Waals surface area (Å²) < 4.78 is 4.23. The Labute approximate surface area is 129 Å². The first kappa shape index (κ1) is 14.0. The highest BCUT2D eigenvalue weighted by molar-refractivity contribution is 14.1. The zero-order chi connectivity index (χ0) is 13.1. The van der Waals surface area contributed by atoms with E-state index >= 15 is 0 Å². The van der Waals surface area contributed by atoms with Crippen molar-refractivity contribution >= 4 is 38.5 Å². The molecule has 0 saturated heterocycles. The molecule has 0 amide bonds. The number of likely N-dealkylation sites (N-methyl/N-ethyl adjacent to an activating group) is 1. The van der Waals surface area contributed by atoms with Crippen LogP contribution in [-0.4, -0.2) is 16.8 Å². The molecule has 3 nitrogen and oxygen atoms in total. The Morgan fingerprint density at radius 3 is 2.89 bits per heavy atom. The summed E-state index contributed by atoms with van der Waals surface area (Å²) in [5.74, 6) is 0. The summed E-state index contributed by atoms with van der Waals surface area (Å²) in [7, 11) is 3.94. The van der Waals surface area contributed by atoms with Crippen LogP contribution in [0.5, 0.6) is 0 Å². The lowest BCUT2D eigenvalue weighted by atomic mass is 10.0. The van der Waals surface area contributed by atoms with Crippen molar-refractivity contribution in [2.24, 2.45) is 7.05 Å². The number of aromatic nitrogens is 2. The maximum atomic E-state index is 4.21. The molecule has 1 heterocycles. The average molecular weight is 420 g/mol. The molecular formula is C13H15BrIN3. The van der Waals surface area contributed by atoms with Crippen LogP contribution in [-0.2, 0) is 13.5 Å². The standard InChI is InChI=1S/C13H15BrIN3/c1-16-13(5-9-7-17-18(2)8-9)11-6-10(15)3-4-12(11)14/h3-4,6-8,13,16H,5H2,1-2H3. The minimum Gasteiger partial charge on any atom is -0.313 e. The van der Waals surface area contributed by atoms with E-state index < -0.39 is 0 Å². The monoisotopic (exact) mass is 419 g/mol. The highest BCUT2D eigenvalue weighted by atomic mass is 127. The smallest absolute Gasteiger partial charge is 0.0522 e. The van der Waals surface area contributed by atoms with Crippen molar-refractivity contribution in [2.75, 3.05) is 7.05 Å². The number of nitrogens with zero attached hydrogens (tertiary/aromatic N) is 2. The van der Waals surface area contributed by atoms with Gasteiger partial charge in [-0.1, -0.05) is 15.9 Å². The Bertz CT molecular complexity index is 539. The number of halogens is 2. The summed E-state index contributed by atoms with van der Waals surface area (Å²) in [6.45, 7) is 0. The van der Waals surface area contributed by atoms with Crippen LogP contribution in [0.25, 0.3) is 0 Å². The van der Waals surface area contributed by atoms with Gasteiger partial charge in [-0.25, -0.2) is 0 Å². The molecule has 2 aromatic rings. The van der Waals surface area contributed by atoms with Gasteiger partial charge in [-0.2, -0.15) is 5.10 Å². The van der Waals surface area contributed by atoms with Crippen molar-refractivity contribution in [3.05, 3.63) is 49.8 Å². The van der Waals surface area contributed by atoms with Crippen LogP contribution < -0.4 is 5.32 Å². The molecule has 0 aliphatic carbocycles. The highest BCUT2D eigenvalue weighted by Crippen LogP contribution is 2.27. The SMILES string of the molecule is CNC(Cc1cnn(C)c1)c1cc(I)ccc1Br. The molecule has 0 fully saturated rings. The van der Waals surface area contributed by atoms with E-state index in [0.29, 0.717) is 6.04 Å². The Kier molecular flexibility index (Phi) is 4.80. The summed E-state index contributed by atoms with van der Waals surface area (Å²) in [6.07, 6.45) is 4.92. The van der Waals surface area contributed by atoms with Crippen LogP contribution in [0.15, 0.2) is 35.1 Å². The van der Waals surface area contributed by atoms with Gasteiger partial charge in [0.25, 0.3) is 0 Å². The third kappa shape index (κ3) is 3.33. The number of benzene rings is 1. The number of hydrogen-bond donors (Lipinski definition) is 1. The molecule has 0 bridgehead atoms. The van der Waals surface area contributed by atoms with E-state index in [2.05, 4.69) is 73.3 Å². The van der Waals surface area contributed by atoms with Crippen molar-refractivity contribution in [3.63, 3.8) is 0 Å². The van der Waals surface area contributed by atoms with Gasteiger partial charge in [-0.05, 0) is 65.4 Å². The summed E-state index contributed by atoms with van der Waals surface area (Å²) in [4.78, 5) is 0. The van der Waals surface area contributed by atoms with Crippen molar-refractivity contribution in [1.82, 2.24) is 15.1 Å². The Balaban J connectivity index is 2.25. The minimum absolute atomic E-state index is 0.290. The van der Waals surface area contributed by atoms with E-state index in [1.165, 1.54) is 14.7 Å². The van der Waals surface area contributed by atoms with Crippen LogP contribution in [0, 0.1) is 3.57 Å². The summed E-state index contributed by atoms with van der Waals surface area (Å²) in [5.41, 5.74) is 2.52. The van der Waals surface area contributed by atoms with Crippen LogP contribution in [0.1, 0.15) is 17.2 Å². The molecule has 1 atom stereocenters. The lowest BCUT2D eigenvalue weighted by Crippen LogP contribution is -2.19. The van der Waals surface area contributed by atoms with Gasteiger partial charge in [-0.3, -0.25) is 4.68 Å². The zero-order valence-electron chi connectivity index (χ0n) is 10.3. The molecule has 0 spiro atoms. The number of rotatable bonds is 4.